The summed E-state index contributed by atoms with van der Waals surface area (Å²) in [6.45, 7) is 2.13. The highest BCUT2D eigenvalue weighted by Gasteiger charge is 2.27. The molecule has 1 atom stereocenters. The molecule has 5 nitrogen and oxygen atoms in total. The summed E-state index contributed by atoms with van der Waals surface area (Å²) < 4.78 is 1.96. The number of nitrogens with two attached hydrogens (primary N) is 1. The second kappa shape index (κ2) is 5.63. The molecule has 1 aromatic heterocycles. The Bertz CT molecular complexity index is 323. The van der Waals surface area contributed by atoms with Crippen molar-refractivity contribution in [1.29, 1.82) is 0 Å². The van der Waals surface area contributed by atoms with Crippen molar-refractivity contribution in [3.05, 3.63) is 0 Å². The number of hydrogen-bond donors (Lipinski definition) is 1. The van der Waals surface area contributed by atoms with Gasteiger partial charge in [-0.25, -0.2) is 4.68 Å². The Morgan fingerprint density at radius 1 is 1.56 bits per heavy atom. The molecule has 1 unspecified atom stereocenters. The standard InChI is InChI=1S/C10H19N5S/c1-2-8(11)4-3-7-16-10-12-13-14-15(10)9-5-6-9/h8-9H,2-7,11H2,1H3. The molecular formula is C10H19N5S. The largest absolute Gasteiger partial charge is 0.328 e. The number of aromatic nitrogens is 4. The van der Waals surface area contributed by atoms with E-state index in [4.69, 9.17) is 5.73 Å². The van der Waals surface area contributed by atoms with Crippen LogP contribution < -0.4 is 5.73 Å². The minimum Gasteiger partial charge on any atom is -0.328 e. The number of nitrogens with zero attached hydrogens (tertiary/aromatic N) is 4. The van der Waals surface area contributed by atoms with Crippen molar-refractivity contribution in [1.82, 2.24) is 20.2 Å². The maximum Gasteiger partial charge on any atom is 0.209 e. The molecule has 0 aromatic carbocycles. The van der Waals surface area contributed by atoms with Crippen LogP contribution in [0.5, 0.6) is 0 Å². The van der Waals surface area contributed by atoms with Gasteiger partial charge in [0.05, 0.1) is 6.04 Å². The second-order valence-corrected chi connectivity index (χ2v) is 5.36. The molecule has 1 aliphatic carbocycles. The molecule has 1 aliphatic rings. The van der Waals surface area contributed by atoms with Gasteiger partial charge in [-0.2, -0.15) is 0 Å². The van der Waals surface area contributed by atoms with Crippen molar-refractivity contribution in [2.75, 3.05) is 5.75 Å². The van der Waals surface area contributed by atoms with Crippen LogP contribution in [0.3, 0.4) is 0 Å². The lowest BCUT2D eigenvalue weighted by atomic mass is 10.1. The first-order valence-corrected chi connectivity index (χ1v) is 6.96. The average Bonchev–Trinajstić information content (AvgIpc) is 3.04. The molecule has 2 rings (SSSR count). The predicted molar refractivity (Wildman–Crippen MR) is 64.3 cm³/mol. The summed E-state index contributed by atoms with van der Waals surface area (Å²) >= 11 is 1.75. The number of hydrogen-bond acceptors (Lipinski definition) is 5. The molecule has 0 spiro atoms. The molecule has 0 saturated heterocycles. The van der Waals surface area contributed by atoms with E-state index in [2.05, 4.69) is 22.4 Å². The van der Waals surface area contributed by atoms with Crippen LogP contribution in [0, 0.1) is 0 Å². The van der Waals surface area contributed by atoms with Crippen LogP contribution in [-0.4, -0.2) is 32.0 Å². The molecule has 0 aliphatic heterocycles. The van der Waals surface area contributed by atoms with Gasteiger partial charge in [-0.15, -0.1) is 5.10 Å². The van der Waals surface area contributed by atoms with Gasteiger partial charge in [0.2, 0.25) is 5.16 Å². The van der Waals surface area contributed by atoms with Crippen molar-refractivity contribution in [3.8, 4) is 0 Å². The quantitative estimate of drug-likeness (QED) is 0.580. The van der Waals surface area contributed by atoms with Gasteiger partial charge in [0.25, 0.3) is 0 Å². The molecule has 16 heavy (non-hydrogen) atoms. The first-order valence-electron chi connectivity index (χ1n) is 5.97. The Kier molecular flexibility index (Phi) is 4.17. The van der Waals surface area contributed by atoms with Crippen LogP contribution in [0.1, 0.15) is 45.1 Å². The summed E-state index contributed by atoms with van der Waals surface area (Å²) in [7, 11) is 0. The molecule has 0 radical (unpaired) electrons. The maximum absolute atomic E-state index is 5.87. The second-order valence-electron chi connectivity index (χ2n) is 4.30. The third-order valence-corrected chi connectivity index (χ3v) is 3.85. The van der Waals surface area contributed by atoms with Gasteiger partial charge >= 0.3 is 0 Å². The highest BCUT2D eigenvalue weighted by molar-refractivity contribution is 7.99. The topological polar surface area (TPSA) is 69.6 Å². The van der Waals surface area contributed by atoms with Crippen LogP contribution in [-0.2, 0) is 0 Å². The fourth-order valence-electron chi connectivity index (χ4n) is 1.54. The molecule has 1 saturated carbocycles. The highest BCUT2D eigenvalue weighted by atomic mass is 32.2. The zero-order chi connectivity index (χ0) is 11.4. The van der Waals surface area contributed by atoms with Crippen LogP contribution in [0.4, 0.5) is 0 Å². The number of rotatable bonds is 7. The average molecular weight is 241 g/mol. The van der Waals surface area contributed by atoms with Gasteiger partial charge in [-0.1, -0.05) is 18.7 Å². The first kappa shape index (κ1) is 11.9. The molecule has 0 amide bonds. The van der Waals surface area contributed by atoms with E-state index in [-0.39, 0.29) is 0 Å². The van der Waals surface area contributed by atoms with E-state index in [0.717, 1.165) is 30.2 Å². The van der Waals surface area contributed by atoms with E-state index in [1.54, 1.807) is 11.8 Å². The molecule has 1 aromatic rings. The zero-order valence-electron chi connectivity index (χ0n) is 9.67. The Morgan fingerprint density at radius 3 is 3.06 bits per heavy atom. The smallest absolute Gasteiger partial charge is 0.209 e. The first-order chi connectivity index (χ1) is 7.81. The van der Waals surface area contributed by atoms with E-state index in [0.29, 0.717) is 12.1 Å². The van der Waals surface area contributed by atoms with Crippen molar-refractivity contribution < 1.29 is 0 Å². The molecule has 1 heterocycles. The Labute approximate surface area is 100 Å². The molecule has 0 bridgehead atoms. The Balaban J connectivity index is 1.70. The summed E-state index contributed by atoms with van der Waals surface area (Å²) in [5, 5.41) is 12.8. The summed E-state index contributed by atoms with van der Waals surface area (Å²) in [6, 6.07) is 0.912. The summed E-state index contributed by atoms with van der Waals surface area (Å²) in [4.78, 5) is 0. The minimum absolute atomic E-state index is 0.347. The minimum atomic E-state index is 0.347. The molecule has 6 heteroatoms. The predicted octanol–water partition coefficient (Wildman–Crippen LogP) is 1.62. The van der Waals surface area contributed by atoms with Crippen molar-refractivity contribution in [2.45, 2.75) is 56.3 Å². The van der Waals surface area contributed by atoms with Crippen molar-refractivity contribution in [3.63, 3.8) is 0 Å². The van der Waals surface area contributed by atoms with E-state index in [1.165, 1.54) is 12.8 Å². The van der Waals surface area contributed by atoms with Crippen molar-refractivity contribution in [2.24, 2.45) is 5.73 Å². The summed E-state index contributed by atoms with van der Waals surface area (Å²) in [5.41, 5.74) is 5.87. The fourth-order valence-corrected chi connectivity index (χ4v) is 2.45. The Morgan fingerprint density at radius 2 is 2.38 bits per heavy atom. The lowest BCUT2D eigenvalue weighted by Gasteiger charge is -2.07. The van der Waals surface area contributed by atoms with E-state index >= 15 is 0 Å². The van der Waals surface area contributed by atoms with Gasteiger partial charge in [0.15, 0.2) is 0 Å². The van der Waals surface area contributed by atoms with Gasteiger partial charge < -0.3 is 5.73 Å². The fraction of sp³-hybridized carbons (Fsp3) is 0.900. The van der Waals surface area contributed by atoms with E-state index in [9.17, 15) is 0 Å². The lowest BCUT2D eigenvalue weighted by molar-refractivity contribution is 0.564. The van der Waals surface area contributed by atoms with Crippen molar-refractivity contribution >= 4 is 11.8 Å². The Hall–Kier alpha value is -0.620. The zero-order valence-corrected chi connectivity index (χ0v) is 10.5. The maximum atomic E-state index is 5.87. The highest BCUT2D eigenvalue weighted by Crippen LogP contribution is 2.36. The molecule has 90 valence electrons. The third-order valence-electron chi connectivity index (χ3n) is 2.83. The SMILES string of the molecule is CCC(N)CCCSc1nnnn1C1CC1. The van der Waals surface area contributed by atoms with E-state index in [1.807, 2.05) is 4.68 Å². The molecule has 2 N–H and O–H groups in total. The summed E-state index contributed by atoms with van der Waals surface area (Å²) in [6.07, 6.45) is 5.73. The number of thioether (sulfide) groups is 1. The van der Waals surface area contributed by atoms with Gasteiger partial charge in [-0.05, 0) is 42.5 Å². The van der Waals surface area contributed by atoms with Gasteiger partial charge in [0.1, 0.15) is 0 Å². The third kappa shape index (κ3) is 3.18. The number of tetrazole rings is 1. The van der Waals surface area contributed by atoms with E-state index < -0.39 is 0 Å². The monoisotopic (exact) mass is 241 g/mol. The molecular weight excluding hydrogens is 222 g/mol. The lowest BCUT2D eigenvalue weighted by Crippen LogP contribution is -2.18. The normalized spacial score (nSPS) is 17.6. The van der Waals surface area contributed by atoms with Gasteiger partial charge in [-0.3, -0.25) is 0 Å². The van der Waals surface area contributed by atoms with Crippen LogP contribution in [0.2, 0.25) is 0 Å². The van der Waals surface area contributed by atoms with Crippen LogP contribution in [0.15, 0.2) is 5.16 Å². The van der Waals surface area contributed by atoms with Crippen LogP contribution in [0.25, 0.3) is 0 Å². The van der Waals surface area contributed by atoms with Gasteiger partial charge in [0, 0.05) is 11.8 Å². The summed E-state index contributed by atoms with van der Waals surface area (Å²) in [5.74, 6) is 1.06. The van der Waals surface area contributed by atoms with Crippen LogP contribution >= 0.6 is 11.8 Å². The molecule has 1 fully saturated rings.